The van der Waals surface area contributed by atoms with Crippen LogP contribution in [0.3, 0.4) is 0 Å². The highest BCUT2D eigenvalue weighted by atomic mass is 35.5. The zero-order valence-corrected chi connectivity index (χ0v) is 13.1. The molecule has 0 bridgehead atoms. The van der Waals surface area contributed by atoms with Gasteiger partial charge < -0.3 is 5.32 Å². The van der Waals surface area contributed by atoms with Gasteiger partial charge in [-0.2, -0.15) is 0 Å². The monoisotopic (exact) mass is 332 g/mol. The van der Waals surface area contributed by atoms with E-state index in [4.69, 9.17) is 11.6 Å². The van der Waals surface area contributed by atoms with E-state index in [0.717, 1.165) is 10.5 Å². The van der Waals surface area contributed by atoms with Crippen LogP contribution in [0.2, 0.25) is 5.02 Å². The summed E-state index contributed by atoms with van der Waals surface area (Å²) in [7, 11) is 0. The number of fused-ring (bicyclic) bond motifs is 1. The van der Waals surface area contributed by atoms with Crippen molar-refractivity contribution in [2.24, 2.45) is 0 Å². The van der Waals surface area contributed by atoms with Crippen molar-refractivity contribution in [2.45, 2.75) is 11.4 Å². The summed E-state index contributed by atoms with van der Waals surface area (Å²) in [6.45, 7) is 0.340. The number of halogens is 1. The summed E-state index contributed by atoms with van der Waals surface area (Å²) in [6, 6.07) is 13.1. The Kier molecular flexibility index (Phi) is 4.60. The molecule has 3 aromatic rings. The van der Waals surface area contributed by atoms with Gasteiger partial charge in [0.05, 0.1) is 17.3 Å². The van der Waals surface area contributed by atoms with Crippen LogP contribution in [0.15, 0.2) is 53.6 Å². The average Bonchev–Trinajstić information content (AvgIpc) is 2.95. The first-order chi connectivity index (χ1) is 10.7. The van der Waals surface area contributed by atoms with Crippen LogP contribution in [0.1, 0.15) is 5.82 Å². The number of nitrogens with zero attached hydrogens (tertiary/aromatic N) is 3. The van der Waals surface area contributed by atoms with Crippen LogP contribution in [-0.2, 0) is 11.3 Å². The lowest BCUT2D eigenvalue weighted by Crippen LogP contribution is -2.25. The quantitative estimate of drug-likeness (QED) is 0.730. The van der Waals surface area contributed by atoms with Crippen molar-refractivity contribution in [3.05, 3.63) is 59.5 Å². The standard InChI is InChI=1S/C15H13ClN4OS/c16-11-5-1-2-6-12(11)22-10-15(21)17-9-14-19-18-13-7-3-4-8-20(13)14/h1-8H,9-10H2,(H,17,21). The van der Waals surface area contributed by atoms with E-state index in [-0.39, 0.29) is 5.91 Å². The van der Waals surface area contributed by atoms with Crippen molar-refractivity contribution in [1.29, 1.82) is 0 Å². The molecule has 1 aromatic carbocycles. The van der Waals surface area contributed by atoms with Crippen molar-refractivity contribution in [2.75, 3.05) is 5.75 Å². The molecular formula is C15H13ClN4OS. The van der Waals surface area contributed by atoms with Gasteiger partial charge in [0.1, 0.15) is 0 Å². The number of amides is 1. The van der Waals surface area contributed by atoms with Crippen molar-refractivity contribution in [3.63, 3.8) is 0 Å². The minimum atomic E-state index is -0.0717. The number of rotatable bonds is 5. The summed E-state index contributed by atoms with van der Waals surface area (Å²) in [5.41, 5.74) is 0.761. The van der Waals surface area contributed by atoms with Crippen LogP contribution < -0.4 is 5.32 Å². The summed E-state index contributed by atoms with van der Waals surface area (Å²) < 4.78 is 1.85. The van der Waals surface area contributed by atoms with E-state index < -0.39 is 0 Å². The molecule has 2 aromatic heterocycles. The summed E-state index contributed by atoms with van der Waals surface area (Å²) in [5, 5.41) is 11.6. The Hall–Kier alpha value is -2.05. The maximum Gasteiger partial charge on any atom is 0.230 e. The number of hydrogen-bond acceptors (Lipinski definition) is 4. The Labute approximate surface area is 136 Å². The van der Waals surface area contributed by atoms with Crippen LogP contribution in [-0.4, -0.2) is 26.3 Å². The first-order valence-electron chi connectivity index (χ1n) is 6.67. The summed E-state index contributed by atoms with van der Waals surface area (Å²) in [4.78, 5) is 12.8. The van der Waals surface area contributed by atoms with Crippen molar-refractivity contribution in [3.8, 4) is 0 Å². The largest absolute Gasteiger partial charge is 0.348 e. The van der Waals surface area contributed by atoms with Crippen molar-refractivity contribution < 1.29 is 4.79 Å². The molecule has 0 unspecified atom stereocenters. The Balaban J connectivity index is 1.55. The molecule has 2 heterocycles. The van der Waals surface area contributed by atoms with E-state index in [0.29, 0.717) is 23.1 Å². The van der Waals surface area contributed by atoms with Gasteiger partial charge >= 0.3 is 0 Å². The molecule has 1 N–H and O–H groups in total. The molecule has 3 rings (SSSR count). The van der Waals surface area contributed by atoms with Gasteiger partial charge in [0, 0.05) is 11.1 Å². The minimum absolute atomic E-state index is 0.0717. The molecule has 0 spiro atoms. The number of carbonyl (C=O) groups excluding carboxylic acids is 1. The Morgan fingerprint density at radius 2 is 2.00 bits per heavy atom. The molecule has 7 heteroatoms. The molecule has 0 aliphatic carbocycles. The molecule has 0 fully saturated rings. The highest BCUT2D eigenvalue weighted by molar-refractivity contribution is 8.00. The minimum Gasteiger partial charge on any atom is -0.348 e. The fourth-order valence-electron chi connectivity index (χ4n) is 1.95. The highest BCUT2D eigenvalue weighted by Crippen LogP contribution is 2.26. The number of pyridine rings is 1. The lowest BCUT2D eigenvalue weighted by Gasteiger charge is -2.05. The molecule has 22 heavy (non-hydrogen) atoms. The Morgan fingerprint density at radius 3 is 2.86 bits per heavy atom. The van der Waals surface area contributed by atoms with Crippen LogP contribution in [0, 0.1) is 0 Å². The summed E-state index contributed by atoms with van der Waals surface area (Å²) in [6.07, 6.45) is 1.87. The number of carbonyl (C=O) groups is 1. The van der Waals surface area contributed by atoms with Gasteiger partial charge in [0.25, 0.3) is 0 Å². The molecule has 0 aliphatic heterocycles. The normalized spacial score (nSPS) is 10.8. The number of thioether (sulfide) groups is 1. The Bertz CT molecular complexity index is 805. The molecule has 0 aliphatic rings. The van der Waals surface area contributed by atoms with E-state index in [1.807, 2.05) is 53.1 Å². The first-order valence-corrected chi connectivity index (χ1v) is 8.03. The maximum absolute atomic E-state index is 11.9. The van der Waals surface area contributed by atoms with E-state index in [1.165, 1.54) is 11.8 Å². The second kappa shape index (κ2) is 6.81. The van der Waals surface area contributed by atoms with E-state index >= 15 is 0 Å². The molecule has 112 valence electrons. The zero-order valence-electron chi connectivity index (χ0n) is 11.6. The third kappa shape index (κ3) is 3.40. The first kappa shape index (κ1) is 14.9. The fraction of sp³-hybridized carbons (Fsp3) is 0.133. The van der Waals surface area contributed by atoms with Gasteiger partial charge in [-0.15, -0.1) is 22.0 Å². The van der Waals surface area contributed by atoms with Gasteiger partial charge in [-0.05, 0) is 24.3 Å². The van der Waals surface area contributed by atoms with Gasteiger partial charge in [-0.25, -0.2) is 0 Å². The van der Waals surface area contributed by atoms with E-state index in [9.17, 15) is 4.79 Å². The summed E-state index contributed by atoms with van der Waals surface area (Å²) in [5.74, 6) is 0.935. The third-order valence-corrected chi connectivity index (χ3v) is 4.54. The highest BCUT2D eigenvalue weighted by Gasteiger charge is 2.08. The van der Waals surface area contributed by atoms with Crippen molar-refractivity contribution in [1.82, 2.24) is 19.9 Å². The molecule has 0 saturated heterocycles. The molecule has 0 radical (unpaired) electrons. The van der Waals surface area contributed by atoms with Crippen LogP contribution in [0.4, 0.5) is 0 Å². The molecule has 1 amide bonds. The predicted octanol–water partition coefficient (Wildman–Crippen LogP) is 2.79. The Morgan fingerprint density at radius 1 is 1.18 bits per heavy atom. The van der Waals surface area contributed by atoms with Crippen LogP contribution >= 0.6 is 23.4 Å². The molecule has 5 nitrogen and oxygen atoms in total. The zero-order chi connectivity index (χ0) is 15.4. The lowest BCUT2D eigenvalue weighted by atomic mass is 10.4. The number of benzene rings is 1. The average molecular weight is 333 g/mol. The smallest absolute Gasteiger partial charge is 0.230 e. The number of nitrogens with one attached hydrogen (secondary N) is 1. The number of hydrogen-bond donors (Lipinski definition) is 1. The molecule has 0 atom stereocenters. The predicted molar refractivity (Wildman–Crippen MR) is 87.0 cm³/mol. The van der Waals surface area contributed by atoms with Crippen LogP contribution in [0.25, 0.3) is 5.65 Å². The summed E-state index contributed by atoms with van der Waals surface area (Å²) >= 11 is 7.47. The van der Waals surface area contributed by atoms with Crippen molar-refractivity contribution >= 4 is 34.9 Å². The van der Waals surface area contributed by atoms with Crippen LogP contribution in [0.5, 0.6) is 0 Å². The topological polar surface area (TPSA) is 59.3 Å². The fourth-order valence-corrected chi connectivity index (χ4v) is 3.01. The lowest BCUT2D eigenvalue weighted by molar-refractivity contribution is -0.118. The number of aromatic nitrogens is 3. The second-order valence-corrected chi connectivity index (χ2v) is 5.97. The SMILES string of the molecule is O=C(CSc1ccccc1Cl)NCc1nnc2ccccn12. The van der Waals surface area contributed by atoms with Gasteiger partial charge in [0.15, 0.2) is 11.5 Å². The van der Waals surface area contributed by atoms with E-state index in [1.54, 1.807) is 0 Å². The maximum atomic E-state index is 11.9. The van der Waals surface area contributed by atoms with Gasteiger partial charge in [-0.1, -0.05) is 29.8 Å². The molecule has 0 saturated carbocycles. The van der Waals surface area contributed by atoms with Gasteiger partial charge in [0.2, 0.25) is 5.91 Å². The van der Waals surface area contributed by atoms with Gasteiger partial charge in [-0.3, -0.25) is 9.20 Å². The van der Waals surface area contributed by atoms with E-state index in [2.05, 4.69) is 15.5 Å². The third-order valence-electron chi connectivity index (χ3n) is 3.02. The molecular weight excluding hydrogens is 320 g/mol. The second-order valence-electron chi connectivity index (χ2n) is 4.54.